The van der Waals surface area contributed by atoms with Crippen molar-refractivity contribution in [2.24, 2.45) is 5.92 Å². The molecule has 5 atom stereocenters. The van der Waals surface area contributed by atoms with Crippen LogP contribution in [-0.4, -0.2) is 88.5 Å². The van der Waals surface area contributed by atoms with E-state index in [2.05, 4.69) is 5.32 Å². The lowest BCUT2D eigenvalue weighted by Crippen LogP contribution is -2.51. The number of amides is 1. The molecule has 0 aliphatic carbocycles. The topological polar surface area (TPSA) is 133 Å². The molecule has 2 aromatic carbocycles. The van der Waals surface area contributed by atoms with Crippen LogP contribution in [-0.2, 0) is 42.0 Å². The largest absolute Gasteiger partial charge is 0.497 e. The van der Waals surface area contributed by atoms with Crippen LogP contribution in [0.4, 0.5) is 13.6 Å². The van der Waals surface area contributed by atoms with Crippen LogP contribution in [0, 0.1) is 17.6 Å². The summed E-state index contributed by atoms with van der Waals surface area (Å²) < 4.78 is 85.8. The predicted molar refractivity (Wildman–Crippen MR) is 166 cm³/mol. The van der Waals surface area contributed by atoms with Gasteiger partial charge in [0.2, 0.25) is 10.0 Å². The first-order valence-corrected chi connectivity index (χ1v) is 17.7. The average Bonchev–Trinajstić information content (AvgIpc) is 3.65. The van der Waals surface area contributed by atoms with Gasteiger partial charge in [0.1, 0.15) is 23.5 Å². The van der Waals surface area contributed by atoms with Crippen molar-refractivity contribution in [1.82, 2.24) is 9.62 Å². The molecule has 0 bridgehead atoms. The second-order valence-corrected chi connectivity index (χ2v) is 14.2. The number of nitrogens with zero attached hydrogens (tertiary/aromatic N) is 1. The number of hydrogen-bond donors (Lipinski definition) is 2. The van der Waals surface area contributed by atoms with Crippen molar-refractivity contribution in [3.05, 3.63) is 59.2 Å². The number of carbonyl (C=O) groups excluding carboxylic acids is 1. The maximum absolute atomic E-state index is 14.2. The van der Waals surface area contributed by atoms with Crippen LogP contribution in [0.25, 0.3) is 0 Å². The highest BCUT2D eigenvalue weighted by molar-refractivity contribution is 7.89. The van der Waals surface area contributed by atoms with Crippen molar-refractivity contribution in [2.45, 2.75) is 87.4 Å². The van der Waals surface area contributed by atoms with Crippen LogP contribution in [0.5, 0.6) is 5.75 Å². The molecule has 5 rings (SSSR count). The Morgan fingerprint density at radius 3 is 2.55 bits per heavy atom. The summed E-state index contributed by atoms with van der Waals surface area (Å²) in [6, 6.07) is 6.40. The number of aliphatic hydroxyl groups excluding tert-OH is 1. The van der Waals surface area contributed by atoms with Gasteiger partial charge >= 0.3 is 6.09 Å². The normalized spacial score (nSPS) is 25.1. The number of carbonyl (C=O) groups is 1. The molecular weight excluding hydrogens is 638 g/mol. The van der Waals surface area contributed by atoms with Crippen LogP contribution >= 0.6 is 0 Å². The van der Waals surface area contributed by atoms with Gasteiger partial charge in [0, 0.05) is 31.3 Å². The zero-order valence-corrected chi connectivity index (χ0v) is 27.4. The van der Waals surface area contributed by atoms with Gasteiger partial charge in [-0.1, -0.05) is 25.7 Å². The highest BCUT2D eigenvalue weighted by atomic mass is 32.2. The highest BCUT2D eigenvalue weighted by Gasteiger charge is 2.44. The van der Waals surface area contributed by atoms with Gasteiger partial charge in [-0.25, -0.2) is 22.0 Å². The van der Waals surface area contributed by atoms with E-state index in [1.807, 2.05) is 0 Å². The molecule has 0 aromatic heterocycles. The van der Waals surface area contributed by atoms with E-state index in [4.69, 9.17) is 23.7 Å². The van der Waals surface area contributed by atoms with E-state index in [1.54, 1.807) is 12.1 Å². The maximum atomic E-state index is 14.2. The first kappa shape index (κ1) is 35.4. The fourth-order valence-electron chi connectivity index (χ4n) is 6.35. The molecule has 2 aromatic rings. The SMILES string of the molecule is COc1ccc2c(c1)COCCCCCCCCN(C[C@@H](O)[C@H](Cc1cc(F)cc(F)c1)NC(=O)O[C@H]1CO[C@H]3OCC[C@H]31)S2(=O)=O. The van der Waals surface area contributed by atoms with E-state index in [0.29, 0.717) is 37.4 Å². The summed E-state index contributed by atoms with van der Waals surface area (Å²) in [6.07, 6.45) is 2.19. The van der Waals surface area contributed by atoms with Crippen LogP contribution < -0.4 is 10.1 Å². The Morgan fingerprint density at radius 2 is 1.79 bits per heavy atom. The highest BCUT2D eigenvalue weighted by Crippen LogP contribution is 2.33. The number of hydrogen-bond acceptors (Lipinski definition) is 9. The minimum Gasteiger partial charge on any atom is -0.497 e. The molecule has 3 aliphatic rings. The van der Waals surface area contributed by atoms with Crippen molar-refractivity contribution in [3.8, 4) is 5.75 Å². The van der Waals surface area contributed by atoms with Crippen molar-refractivity contribution in [3.63, 3.8) is 0 Å². The monoisotopic (exact) mass is 682 g/mol. The molecule has 1 amide bonds. The van der Waals surface area contributed by atoms with Crippen LogP contribution in [0.2, 0.25) is 0 Å². The molecular formula is C33H44F2N2O9S. The Labute approximate surface area is 274 Å². The number of fused-ring (bicyclic) bond motifs is 2. The molecule has 2 saturated heterocycles. The summed E-state index contributed by atoms with van der Waals surface area (Å²) in [6.45, 7) is 0.884. The Morgan fingerprint density at radius 1 is 1.04 bits per heavy atom. The molecule has 47 heavy (non-hydrogen) atoms. The van der Waals surface area contributed by atoms with Crippen LogP contribution in [0.1, 0.15) is 56.1 Å². The first-order chi connectivity index (χ1) is 22.6. The van der Waals surface area contributed by atoms with E-state index in [1.165, 1.54) is 17.5 Å². The standard InChI is InChI=1S/C33H44F2N2O9S/c1-42-26-8-9-31-23(17-26)20-43-12-7-5-3-2-4-6-11-37(47(31,40)41)19-29(38)28(16-22-14-24(34)18-25(35)15-22)36-33(39)46-30-21-45-32-27(30)10-13-44-32/h8-9,14-15,17-18,27-30,32,38H,2-7,10-13,16,19-21H2,1H3,(H,36,39)/t27-,28-,29+,30-,32+/m0/s1. The fourth-order valence-corrected chi connectivity index (χ4v) is 8.04. The molecule has 11 nitrogen and oxygen atoms in total. The summed E-state index contributed by atoms with van der Waals surface area (Å²) in [5.41, 5.74) is 0.584. The van der Waals surface area contributed by atoms with Gasteiger partial charge in [0.15, 0.2) is 6.29 Å². The summed E-state index contributed by atoms with van der Waals surface area (Å²) in [7, 11) is -2.69. The molecule has 2 N–H and O–H groups in total. The number of nitrogens with one attached hydrogen (secondary N) is 1. The van der Waals surface area contributed by atoms with Gasteiger partial charge in [-0.15, -0.1) is 0 Å². The van der Waals surface area contributed by atoms with Crippen molar-refractivity contribution < 1.29 is 50.8 Å². The fraction of sp³-hybridized carbons (Fsp3) is 0.606. The van der Waals surface area contributed by atoms with Crippen molar-refractivity contribution in [2.75, 3.05) is 40.0 Å². The number of alkyl carbamates (subject to hydrolysis) is 1. The second-order valence-electron chi connectivity index (χ2n) is 12.3. The summed E-state index contributed by atoms with van der Waals surface area (Å²) >= 11 is 0. The average molecular weight is 683 g/mol. The Hall–Kier alpha value is -2.88. The first-order valence-electron chi connectivity index (χ1n) is 16.2. The van der Waals surface area contributed by atoms with E-state index in [9.17, 15) is 27.1 Å². The third-order valence-electron chi connectivity index (χ3n) is 8.87. The van der Waals surface area contributed by atoms with Gasteiger partial charge in [-0.05, 0) is 61.6 Å². The van der Waals surface area contributed by atoms with Gasteiger partial charge in [0.05, 0.1) is 49.9 Å². The van der Waals surface area contributed by atoms with Gasteiger partial charge in [0.25, 0.3) is 0 Å². The molecule has 0 saturated carbocycles. The molecule has 14 heteroatoms. The Kier molecular flexibility index (Phi) is 12.4. The van der Waals surface area contributed by atoms with E-state index >= 15 is 0 Å². The number of β-amino-alcohol motifs (C(OH)–C–C–N with tert-alkyl or cyclic N) is 1. The molecule has 3 heterocycles. The summed E-state index contributed by atoms with van der Waals surface area (Å²) in [5.74, 6) is -1.30. The van der Waals surface area contributed by atoms with E-state index in [0.717, 1.165) is 50.3 Å². The number of methoxy groups -OCH3 is 1. The zero-order valence-electron chi connectivity index (χ0n) is 26.6. The minimum absolute atomic E-state index is 0.0215. The Bertz CT molecular complexity index is 1440. The second kappa shape index (κ2) is 16.5. The van der Waals surface area contributed by atoms with Crippen molar-refractivity contribution >= 4 is 16.1 Å². The van der Waals surface area contributed by atoms with Gasteiger partial charge in [-0.3, -0.25) is 0 Å². The summed E-state index contributed by atoms with van der Waals surface area (Å²) in [4.78, 5) is 13.2. The third kappa shape index (κ3) is 9.39. The Balaban J connectivity index is 1.40. The molecule has 0 spiro atoms. The number of ether oxygens (including phenoxy) is 5. The number of halogens is 2. The van der Waals surface area contributed by atoms with Crippen molar-refractivity contribution in [1.29, 1.82) is 0 Å². The summed E-state index contributed by atoms with van der Waals surface area (Å²) in [5, 5.41) is 14.2. The minimum atomic E-state index is -4.18. The molecule has 3 aliphatic heterocycles. The lowest BCUT2D eigenvalue weighted by Gasteiger charge is -2.30. The number of rotatable bonds is 8. The smallest absolute Gasteiger partial charge is 0.407 e. The predicted octanol–water partition coefficient (Wildman–Crippen LogP) is 4.29. The lowest BCUT2D eigenvalue weighted by atomic mass is 10.0. The molecule has 0 radical (unpaired) electrons. The third-order valence-corrected chi connectivity index (χ3v) is 10.8. The number of aliphatic hydroxyl groups is 1. The van der Waals surface area contributed by atoms with E-state index < -0.39 is 58.8 Å². The quantitative estimate of drug-likeness (QED) is 0.419. The van der Waals surface area contributed by atoms with Crippen LogP contribution in [0.3, 0.4) is 0 Å². The maximum Gasteiger partial charge on any atom is 0.407 e. The molecule has 260 valence electrons. The zero-order chi connectivity index (χ0) is 33.4. The van der Waals surface area contributed by atoms with Gasteiger partial charge in [-0.2, -0.15) is 4.31 Å². The van der Waals surface area contributed by atoms with E-state index in [-0.39, 0.29) is 42.6 Å². The molecule has 2 fully saturated rings. The lowest BCUT2D eigenvalue weighted by molar-refractivity contribution is -0.0907. The number of sulfonamides is 1. The number of benzene rings is 2. The molecule has 0 unspecified atom stereocenters. The van der Waals surface area contributed by atoms with Gasteiger partial charge < -0.3 is 34.1 Å². The van der Waals surface area contributed by atoms with Crippen LogP contribution in [0.15, 0.2) is 41.3 Å².